The Labute approximate surface area is 114 Å². The number of carbonyl (C=O) groups excluding carboxylic acids is 2. The molecule has 19 heavy (non-hydrogen) atoms. The Bertz CT molecular complexity index is 333. The molecule has 0 aliphatic heterocycles. The van der Waals surface area contributed by atoms with Gasteiger partial charge in [-0.05, 0) is 19.3 Å². The van der Waals surface area contributed by atoms with Gasteiger partial charge in [0, 0.05) is 6.42 Å². The number of aliphatic hydroxyl groups excluding tert-OH is 2. The molecule has 0 aromatic rings. The lowest BCUT2D eigenvalue weighted by atomic mass is 9.92. The van der Waals surface area contributed by atoms with Crippen molar-refractivity contribution in [3.63, 3.8) is 0 Å². The number of methoxy groups -OCH3 is 1. The van der Waals surface area contributed by atoms with Gasteiger partial charge < -0.3 is 14.9 Å². The summed E-state index contributed by atoms with van der Waals surface area (Å²) in [6, 6.07) is 0. The third-order valence-corrected chi connectivity index (χ3v) is 3.01. The van der Waals surface area contributed by atoms with Crippen LogP contribution in [0.3, 0.4) is 0 Å². The number of carbonyl (C=O) groups is 2. The molecule has 0 aliphatic carbocycles. The molecule has 0 saturated heterocycles. The third-order valence-electron chi connectivity index (χ3n) is 3.01. The molecule has 0 aliphatic rings. The van der Waals surface area contributed by atoms with Crippen molar-refractivity contribution in [2.75, 3.05) is 13.7 Å². The number of rotatable bonds is 8. The van der Waals surface area contributed by atoms with E-state index in [9.17, 15) is 14.7 Å². The van der Waals surface area contributed by atoms with Crippen molar-refractivity contribution in [3.8, 4) is 0 Å². The second-order valence-corrected chi connectivity index (χ2v) is 5.00. The van der Waals surface area contributed by atoms with Gasteiger partial charge in [0.2, 0.25) is 0 Å². The average molecular weight is 272 g/mol. The summed E-state index contributed by atoms with van der Waals surface area (Å²) in [6.45, 7) is 5.21. The Morgan fingerprint density at radius 1 is 1.32 bits per heavy atom. The SMILES string of the molecule is COC(=O)C(C/C=C(\C)CO)C(=O)CC(O)C(C)C. The minimum Gasteiger partial charge on any atom is -0.468 e. The lowest BCUT2D eigenvalue weighted by Gasteiger charge is -2.17. The van der Waals surface area contributed by atoms with Gasteiger partial charge in [-0.3, -0.25) is 9.59 Å². The van der Waals surface area contributed by atoms with Gasteiger partial charge in [0.05, 0.1) is 19.8 Å². The van der Waals surface area contributed by atoms with Crippen LogP contribution in [-0.2, 0) is 14.3 Å². The van der Waals surface area contributed by atoms with Gasteiger partial charge in [-0.15, -0.1) is 0 Å². The van der Waals surface area contributed by atoms with Crippen molar-refractivity contribution in [1.82, 2.24) is 0 Å². The Balaban J connectivity index is 4.76. The van der Waals surface area contributed by atoms with Crippen molar-refractivity contribution in [1.29, 1.82) is 0 Å². The lowest BCUT2D eigenvalue weighted by Crippen LogP contribution is -2.29. The van der Waals surface area contributed by atoms with E-state index in [0.717, 1.165) is 0 Å². The number of ether oxygens (including phenoxy) is 1. The van der Waals surface area contributed by atoms with Crippen LogP contribution in [0.5, 0.6) is 0 Å². The van der Waals surface area contributed by atoms with Crippen LogP contribution in [0.25, 0.3) is 0 Å². The van der Waals surface area contributed by atoms with E-state index < -0.39 is 18.0 Å². The Morgan fingerprint density at radius 3 is 2.32 bits per heavy atom. The summed E-state index contributed by atoms with van der Waals surface area (Å²) in [5.74, 6) is -1.91. The van der Waals surface area contributed by atoms with E-state index in [4.69, 9.17) is 5.11 Å². The molecule has 2 N–H and O–H groups in total. The molecule has 0 amide bonds. The van der Waals surface area contributed by atoms with Crippen molar-refractivity contribution in [2.45, 2.75) is 39.7 Å². The molecule has 0 saturated carbocycles. The van der Waals surface area contributed by atoms with E-state index in [0.29, 0.717) is 5.57 Å². The van der Waals surface area contributed by atoms with E-state index in [1.807, 2.05) is 0 Å². The van der Waals surface area contributed by atoms with Gasteiger partial charge >= 0.3 is 5.97 Å². The van der Waals surface area contributed by atoms with Crippen LogP contribution in [0.2, 0.25) is 0 Å². The van der Waals surface area contributed by atoms with Gasteiger partial charge in [0.1, 0.15) is 11.7 Å². The molecular weight excluding hydrogens is 248 g/mol. The standard InChI is InChI=1S/C14H24O5/c1-9(2)12(16)7-13(17)11(14(18)19-4)6-5-10(3)8-15/h5,9,11-12,15-16H,6-8H2,1-4H3/b10-5+. The van der Waals surface area contributed by atoms with Crippen LogP contribution in [0.1, 0.15) is 33.6 Å². The summed E-state index contributed by atoms with van der Waals surface area (Å²) in [7, 11) is 1.23. The number of aliphatic hydroxyl groups is 2. The maximum Gasteiger partial charge on any atom is 0.316 e. The molecule has 2 unspecified atom stereocenters. The highest BCUT2D eigenvalue weighted by atomic mass is 16.5. The Hall–Kier alpha value is -1.20. The first-order chi connectivity index (χ1) is 8.83. The first kappa shape index (κ1) is 17.8. The zero-order valence-electron chi connectivity index (χ0n) is 12.0. The highest BCUT2D eigenvalue weighted by molar-refractivity contribution is 5.99. The highest BCUT2D eigenvalue weighted by Gasteiger charge is 2.28. The number of esters is 1. The molecule has 2 atom stereocenters. The van der Waals surface area contributed by atoms with E-state index in [1.54, 1.807) is 26.8 Å². The molecule has 5 nitrogen and oxygen atoms in total. The van der Waals surface area contributed by atoms with Crippen molar-refractivity contribution >= 4 is 11.8 Å². The molecule has 0 heterocycles. The molecule has 5 heteroatoms. The summed E-state index contributed by atoms with van der Waals surface area (Å²) in [5, 5.41) is 18.6. The topological polar surface area (TPSA) is 83.8 Å². The van der Waals surface area contributed by atoms with Gasteiger partial charge in [0.15, 0.2) is 0 Å². The summed E-state index contributed by atoms with van der Waals surface area (Å²) in [5.41, 5.74) is 0.686. The number of ketones is 1. The predicted molar refractivity (Wildman–Crippen MR) is 71.4 cm³/mol. The van der Waals surface area contributed by atoms with E-state index in [-0.39, 0.29) is 31.1 Å². The van der Waals surface area contributed by atoms with Gasteiger partial charge in [-0.25, -0.2) is 0 Å². The second kappa shape index (κ2) is 8.82. The predicted octanol–water partition coefficient (Wildman–Crippen LogP) is 1.08. The van der Waals surface area contributed by atoms with E-state index >= 15 is 0 Å². The number of allylic oxidation sites excluding steroid dienone is 1. The Morgan fingerprint density at radius 2 is 1.89 bits per heavy atom. The zero-order valence-corrected chi connectivity index (χ0v) is 12.0. The average Bonchev–Trinajstić information content (AvgIpc) is 2.37. The van der Waals surface area contributed by atoms with E-state index in [2.05, 4.69) is 4.74 Å². The highest BCUT2D eigenvalue weighted by Crippen LogP contribution is 2.16. The first-order valence-electron chi connectivity index (χ1n) is 6.38. The van der Waals surface area contributed by atoms with Crippen molar-refractivity contribution in [3.05, 3.63) is 11.6 Å². The van der Waals surface area contributed by atoms with Crippen LogP contribution in [0.4, 0.5) is 0 Å². The van der Waals surface area contributed by atoms with E-state index in [1.165, 1.54) is 7.11 Å². The summed E-state index contributed by atoms with van der Waals surface area (Å²) >= 11 is 0. The molecule has 0 rings (SSSR count). The largest absolute Gasteiger partial charge is 0.468 e. The lowest BCUT2D eigenvalue weighted by molar-refractivity contribution is -0.149. The second-order valence-electron chi connectivity index (χ2n) is 5.00. The van der Waals surface area contributed by atoms with Gasteiger partial charge in [-0.2, -0.15) is 0 Å². The number of hydrogen-bond acceptors (Lipinski definition) is 5. The zero-order chi connectivity index (χ0) is 15.0. The molecule has 0 fully saturated rings. The molecule has 0 spiro atoms. The van der Waals surface area contributed by atoms with Crippen LogP contribution < -0.4 is 0 Å². The molecule has 110 valence electrons. The minimum atomic E-state index is -0.917. The molecular formula is C14H24O5. The van der Waals surface area contributed by atoms with Crippen molar-refractivity contribution in [2.24, 2.45) is 11.8 Å². The smallest absolute Gasteiger partial charge is 0.316 e. The third kappa shape index (κ3) is 6.50. The van der Waals surface area contributed by atoms with Gasteiger partial charge in [-0.1, -0.05) is 25.5 Å². The number of Topliss-reactive ketones (excluding diaryl/α,β-unsaturated/α-hetero) is 1. The maximum absolute atomic E-state index is 12.0. The van der Waals surface area contributed by atoms with Gasteiger partial charge in [0.25, 0.3) is 0 Å². The fraction of sp³-hybridized carbons (Fsp3) is 0.714. The molecule has 0 radical (unpaired) electrons. The molecule has 0 bridgehead atoms. The van der Waals surface area contributed by atoms with Crippen LogP contribution in [-0.4, -0.2) is 41.8 Å². The van der Waals surface area contributed by atoms with Crippen molar-refractivity contribution < 1.29 is 24.5 Å². The molecule has 0 aromatic heterocycles. The monoisotopic (exact) mass is 272 g/mol. The fourth-order valence-electron chi connectivity index (χ4n) is 1.47. The summed E-state index contributed by atoms with van der Waals surface area (Å²) in [6.07, 6.45) is 0.996. The normalized spacial score (nSPS) is 15.2. The van der Waals surface area contributed by atoms with Crippen LogP contribution in [0.15, 0.2) is 11.6 Å². The van der Waals surface area contributed by atoms with Crippen LogP contribution in [0, 0.1) is 11.8 Å². The number of hydrogen-bond donors (Lipinski definition) is 2. The maximum atomic E-state index is 12.0. The minimum absolute atomic E-state index is 0.0445. The quantitative estimate of drug-likeness (QED) is 0.392. The summed E-state index contributed by atoms with van der Waals surface area (Å²) < 4.78 is 4.61. The fourth-order valence-corrected chi connectivity index (χ4v) is 1.47. The summed E-state index contributed by atoms with van der Waals surface area (Å²) in [4.78, 5) is 23.6. The Kier molecular flexibility index (Phi) is 8.27. The molecule has 0 aromatic carbocycles. The van der Waals surface area contributed by atoms with Crippen LogP contribution >= 0.6 is 0 Å². The first-order valence-corrected chi connectivity index (χ1v) is 6.38.